The van der Waals surface area contributed by atoms with Gasteiger partial charge in [0, 0.05) is 21.6 Å². The normalized spacial score (nSPS) is 10.7. The molecule has 0 atom stereocenters. The molecule has 0 saturated carbocycles. The summed E-state index contributed by atoms with van der Waals surface area (Å²) in [5, 5.41) is 4.21. The number of hydrogen-bond acceptors (Lipinski definition) is 3. The highest BCUT2D eigenvalue weighted by molar-refractivity contribution is 9.10. The molecule has 1 heterocycles. The van der Waals surface area contributed by atoms with Crippen LogP contribution in [0.1, 0.15) is 16.8 Å². The van der Waals surface area contributed by atoms with Gasteiger partial charge in [0.2, 0.25) is 0 Å². The summed E-state index contributed by atoms with van der Waals surface area (Å²) in [5.41, 5.74) is 3.58. The van der Waals surface area contributed by atoms with Crippen LogP contribution >= 0.6 is 27.7 Å². The minimum absolute atomic E-state index is 0.868. The lowest BCUT2D eigenvalue weighted by molar-refractivity contribution is 0.813. The Hall–Kier alpha value is -0.840. The highest BCUT2D eigenvalue weighted by Gasteiger charge is 2.04. The third kappa shape index (κ3) is 4.06. The summed E-state index contributed by atoms with van der Waals surface area (Å²) in [7, 11) is 1.95. The molecular weight excluding hydrogens is 320 g/mol. The van der Waals surface area contributed by atoms with Crippen LogP contribution in [-0.2, 0) is 6.54 Å². The van der Waals surface area contributed by atoms with Crippen molar-refractivity contribution in [2.45, 2.75) is 30.3 Å². The van der Waals surface area contributed by atoms with Crippen LogP contribution in [-0.4, -0.2) is 12.0 Å². The number of hydrogen-bond donors (Lipinski definition) is 1. The number of aryl methyl sites for hydroxylation is 2. The first-order chi connectivity index (χ1) is 9.08. The molecule has 19 heavy (non-hydrogen) atoms. The number of benzene rings is 1. The average Bonchev–Trinajstić information content (AvgIpc) is 2.31. The first kappa shape index (κ1) is 14.6. The minimum Gasteiger partial charge on any atom is -0.316 e. The van der Waals surface area contributed by atoms with Gasteiger partial charge >= 0.3 is 0 Å². The minimum atomic E-state index is 0.868. The van der Waals surface area contributed by atoms with E-state index in [1.807, 2.05) is 14.0 Å². The van der Waals surface area contributed by atoms with Crippen LogP contribution in [0.5, 0.6) is 0 Å². The van der Waals surface area contributed by atoms with Gasteiger partial charge in [0.25, 0.3) is 0 Å². The van der Waals surface area contributed by atoms with Crippen LogP contribution in [0.15, 0.2) is 44.7 Å². The Labute approximate surface area is 127 Å². The zero-order chi connectivity index (χ0) is 13.8. The number of aromatic nitrogens is 1. The zero-order valence-electron chi connectivity index (χ0n) is 11.3. The molecule has 0 saturated heterocycles. The molecule has 100 valence electrons. The average molecular weight is 337 g/mol. The van der Waals surface area contributed by atoms with Gasteiger partial charge in [-0.15, -0.1) is 0 Å². The van der Waals surface area contributed by atoms with Crippen molar-refractivity contribution in [3.8, 4) is 0 Å². The van der Waals surface area contributed by atoms with E-state index >= 15 is 0 Å². The van der Waals surface area contributed by atoms with Gasteiger partial charge in [0.15, 0.2) is 0 Å². The number of pyridine rings is 1. The Morgan fingerprint density at radius 2 is 2.00 bits per heavy atom. The van der Waals surface area contributed by atoms with Gasteiger partial charge in [-0.3, -0.25) is 0 Å². The summed E-state index contributed by atoms with van der Waals surface area (Å²) in [6.45, 7) is 5.00. The Morgan fingerprint density at radius 1 is 1.21 bits per heavy atom. The van der Waals surface area contributed by atoms with Crippen molar-refractivity contribution < 1.29 is 0 Å². The number of halogens is 1. The van der Waals surface area contributed by atoms with Crippen LogP contribution in [0.25, 0.3) is 0 Å². The predicted molar refractivity (Wildman–Crippen MR) is 84.7 cm³/mol. The predicted octanol–water partition coefficient (Wildman–Crippen LogP) is 4.33. The van der Waals surface area contributed by atoms with Gasteiger partial charge in [0.1, 0.15) is 5.03 Å². The molecule has 0 radical (unpaired) electrons. The topological polar surface area (TPSA) is 24.9 Å². The van der Waals surface area contributed by atoms with Crippen molar-refractivity contribution in [2.24, 2.45) is 0 Å². The third-order valence-corrected chi connectivity index (χ3v) is 4.33. The molecule has 1 aromatic carbocycles. The molecule has 2 aromatic rings. The molecular formula is C15H17BrN2S. The molecule has 0 bridgehead atoms. The lowest BCUT2D eigenvalue weighted by Crippen LogP contribution is -2.05. The van der Waals surface area contributed by atoms with Crippen molar-refractivity contribution >= 4 is 27.7 Å². The van der Waals surface area contributed by atoms with Crippen molar-refractivity contribution in [1.82, 2.24) is 10.3 Å². The lowest BCUT2D eigenvalue weighted by Gasteiger charge is -2.07. The smallest absolute Gasteiger partial charge is 0.101 e. The highest BCUT2D eigenvalue weighted by atomic mass is 79.9. The van der Waals surface area contributed by atoms with Crippen molar-refractivity contribution in [3.63, 3.8) is 0 Å². The van der Waals surface area contributed by atoms with Gasteiger partial charge in [-0.1, -0.05) is 33.8 Å². The molecule has 1 aromatic heterocycles. The maximum absolute atomic E-state index is 4.55. The van der Waals surface area contributed by atoms with Crippen molar-refractivity contribution in [3.05, 3.63) is 51.6 Å². The standard InChI is InChI=1S/C15H17BrN2S/c1-10-6-11(2)18-15(7-10)19-13-5-4-12(9-17-3)14(16)8-13/h4-8,17H,9H2,1-3H3. The summed E-state index contributed by atoms with van der Waals surface area (Å²) in [6.07, 6.45) is 0. The summed E-state index contributed by atoms with van der Waals surface area (Å²) in [5.74, 6) is 0. The Bertz CT molecular complexity index is 564. The molecule has 4 heteroatoms. The molecule has 2 nitrogen and oxygen atoms in total. The second-order valence-electron chi connectivity index (χ2n) is 4.51. The molecule has 0 spiro atoms. The van der Waals surface area contributed by atoms with Gasteiger partial charge < -0.3 is 5.32 Å². The molecule has 0 fully saturated rings. The van der Waals surface area contributed by atoms with E-state index in [4.69, 9.17) is 0 Å². The van der Waals surface area contributed by atoms with Crippen LogP contribution in [0.2, 0.25) is 0 Å². The van der Waals surface area contributed by atoms with Gasteiger partial charge in [-0.2, -0.15) is 0 Å². The monoisotopic (exact) mass is 336 g/mol. The van der Waals surface area contributed by atoms with Crippen LogP contribution < -0.4 is 5.32 Å². The second kappa shape index (κ2) is 6.55. The quantitative estimate of drug-likeness (QED) is 0.899. The highest BCUT2D eigenvalue weighted by Crippen LogP contribution is 2.30. The zero-order valence-corrected chi connectivity index (χ0v) is 13.7. The second-order valence-corrected chi connectivity index (χ2v) is 6.46. The SMILES string of the molecule is CNCc1ccc(Sc2cc(C)cc(C)n2)cc1Br. The van der Waals surface area contributed by atoms with Crippen LogP contribution in [0.4, 0.5) is 0 Å². The first-order valence-corrected chi connectivity index (χ1v) is 7.75. The van der Waals surface area contributed by atoms with E-state index < -0.39 is 0 Å². The number of nitrogens with one attached hydrogen (secondary N) is 1. The Morgan fingerprint density at radius 3 is 2.63 bits per heavy atom. The van der Waals surface area contributed by atoms with Crippen LogP contribution in [0.3, 0.4) is 0 Å². The summed E-state index contributed by atoms with van der Waals surface area (Å²) < 4.78 is 1.14. The summed E-state index contributed by atoms with van der Waals surface area (Å²) in [4.78, 5) is 5.75. The third-order valence-electron chi connectivity index (χ3n) is 2.69. The summed E-state index contributed by atoms with van der Waals surface area (Å²) >= 11 is 5.31. The molecule has 0 aliphatic rings. The summed E-state index contributed by atoms with van der Waals surface area (Å²) in [6, 6.07) is 10.6. The largest absolute Gasteiger partial charge is 0.316 e. The maximum atomic E-state index is 4.55. The van der Waals surface area contributed by atoms with E-state index in [1.165, 1.54) is 16.0 Å². The van der Waals surface area contributed by atoms with Gasteiger partial charge in [-0.25, -0.2) is 4.98 Å². The molecule has 0 amide bonds. The van der Waals surface area contributed by atoms with E-state index in [2.05, 4.69) is 63.5 Å². The van der Waals surface area contributed by atoms with Crippen molar-refractivity contribution in [2.75, 3.05) is 7.05 Å². The van der Waals surface area contributed by atoms with E-state index in [1.54, 1.807) is 11.8 Å². The van der Waals surface area contributed by atoms with E-state index in [-0.39, 0.29) is 0 Å². The van der Waals surface area contributed by atoms with Crippen LogP contribution in [0, 0.1) is 13.8 Å². The van der Waals surface area contributed by atoms with E-state index in [0.717, 1.165) is 21.7 Å². The fourth-order valence-corrected chi connectivity index (χ4v) is 3.56. The fraction of sp³-hybridized carbons (Fsp3) is 0.267. The Balaban J connectivity index is 2.21. The molecule has 1 N–H and O–H groups in total. The van der Waals surface area contributed by atoms with Gasteiger partial charge in [0.05, 0.1) is 0 Å². The first-order valence-electron chi connectivity index (χ1n) is 6.14. The lowest BCUT2D eigenvalue weighted by atomic mass is 10.2. The molecule has 0 aliphatic carbocycles. The number of rotatable bonds is 4. The van der Waals surface area contributed by atoms with E-state index in [0.29, 0.717) is 0 Å². The van der Waals surface area contributed by atoms with Crippen molar-refractivity contribution in [1.29, 1.82) is 0 Å². The molecule has 0 aliphatic heterocycles. The maximum Gasteiger partial charge on any atom is 0.101 e. The molecule has 2 rings (SSSR count). The Kier molecular flexibility index (Phi) is 5.02. The van der Waals surface area contributed by atoms with E-state index in [9.17, 15) is 0 Å². The molecule has 0 unspecified atom stereocenters. The number of nitrogens with zero attached hydrogens (tertiary/aromatic N) is 1. The fourth-order valence-electron chi connectivity index (χ4n) is 1.90. The van der Waals surface area contributed by atoms with Gasteiger partial charge in [-0.05, 0) is 56.3 Å².